The number of hydrogen-bond donors (Lipinski definition) is 2. The number of nitriles is 1. The highest BCUT2D eigenvalue weighted by Gasteiger charge is 2.07. The maximum absolute atomic E-state index is 10.8. The molecule has 14 heavy (non-hydrogen) atoms. The molecule has 0 atom stereocenters. The highest BCUT2D eigenvalue weighted by Crippen LogP contribution is 1.97. The Balaban J connectivity index is 4.23. The lowest BCUT2D eigenvalue weighted by atomic mass is 10.2. The van der Waals surface area contributed by atoms with E-state index in [9.17, 15) is 4.79 Å². The molecule has 0 spiro atoms. The van der Waals surface area contributed by atoms with Gasteiger partial charge in [0.05, 0.1) is 0 Å². The zero-order chi connectivity index (χ0) is 11.1. The number of primary amides is 1. The van der Waals surface area contributed by atoms with Crippen LogP contribution in [0.1, 0.15) is 6.92 Å². The summed E-state index contributed by atoms with van der Waals surface area (Å²) in [6.07, 6.45) is 0. The number of carbonyl (C=O) groups excluding carboxylic acids is 1. The Bertz CT molecular complexity index is 275. The van der Waals surface area contributed by atoms with E-state index in [4.69, 9.17) is 11.0 Å². The molecule has 0 aliphatic rings. The zero-order valence-corrected chi connectivity index (χ0v) is 8.79. The Labute approximate surface area is 84.2 Å². The van der Waals surface area contributed by atoms with E-state index >= 15 is 0 Å². The number of carbonyl (C=O) groups is 1. The highest BCUT2D eigenvalue weighted by molar-refractivity contribution is 5.96. The molecule has 0 aromatic carbocycles. The lowest BCUT2D eigenvalue weighted by molar-refractivity contribution is -0.114. The predicted octanol–water partition coefficient (Wildman–Crippen LogP) is -0.580. The van der Waals surface area contributed by atoms with Gasteiger partial charge in [0.15, 0.2) is 0 Å². The van der Waals surface area contributed by atoms with Crippen molar-refractivity contribution in [1.82, 2.24) is 10.2 Å². The molecule has 5 nitrogen and oxygen atoms in total. The quantitative estimate of drug-likeness (QED) is 0.455. The first-order valence-corrected chi connectivity index (χ1v) is 4.28. The number of amides is 1. The van der Waals surface area contributed by atoms with E-state index < -0.39 is 5.91 Å². The van der Waals surface area contributed by atoms with Crippen LogP contribution in [0.25, 0.3) is 0 Å². The van der Waals surface area contributed by atoms with Gasteiger partial charge >= 0.3 is 0 Å². The van der Waals surface area contributed by atoms with Gasteiger partial charge < -0.3 is 16.0 Å². The van der Waals surface area contributed by atoms with Crippen LogP contribution in [0.15, 0.2) is 11.3 Å². The van der Waals surface area contributed by atoms with Gasteiger partial charge in [0, 0.05) is 18.8 Å². The summed E-state index contributed by atoms with van der Waals surface area (Å²) < 4.78 is 0. The molecule has 1 amide bonds. The van der Waals surface area contributed by atoms with Gasteiger partial charge in [-0.1, -0.05) is 0 Å². The summed E-state index contributed by atoms with van der Waals surface area (Å²) in [6.45, 7) is 3.17. The molecule has 5 heteroatoms. The Kier molecular flexibility index (Phi) is 5.34. The lowest BCUT2D eigenvalue weighted by Gasteiger charge is -2.11. The predicted molar refractivity (Wildman–Crippen MR) is 54.1 cm³/mol. The van der Waals surface area contributed by atoms with Crippen LogP contribution in [-0.4, -0.2) is 38.0 Å². The Hall–Kier alpha value is -1.54. The average Bonchev–Trinajstić information content (AvgIpc) is 2.03. The van der Waals surface area contributed by atoms with Gasteiger partial charge in [0.25, 0.3) is 5.91 Å². The minimum absolute atomic E-state index is 0.0104. The standard InChI is InChI=1S/C9H16N4O/c1-7(8(6-10)9(11)14)12-4-5-13(2)3/h12H,4-5H2,1-3H3,(H2,11,14). The SMILES string of the molecule is CC(NCCN(C)C)=C(C#N)C(N)=O. The van der Waals surface area contributed by atoms with Crippen molar-refractivity contribution in [2.24, 2.45) is 5.73 Å². The van der Waals surface area contributed by atoms with Crippen molar-refractivity contribution in [2.45, 2.75) is 6.92 Å². The van der Waals surface area contributed by atoms with Gasteiger partial charge in [0.1, 0.15) is 11.6 Å². The van der Waals surface area contributed by atoms with Crippen molar-refractivity contribution < 1.29 is 4.79 Å². The third-order valence-corrected chi connectivity index (χ3v) is 1.68. The molecule has 3 N–H and O–H groups in total. The molecule has 0 bridgehead atoms. The number of allylic oxidation sites excluding steroid dienone is 1. The Morgan fingerprint density at radius 1 is 1.57 bits per heavy atom. The summed E-state index contributed by atoms with van der Waals surface area (Å²) in [4.78, 5) is 12.8. The summed E-state index contributed by atoms with van der Waals surface area (Å²) in [5.41, 5.74) is 5.53. The molecule has 0 saturated carbocycles. The molecular weight excluding hydrogens is 180 g/mol. The first-order chi connectivity index (χ1) is 6.49. The van der Waals surface area contributed by atoms with Crippen LogP contribution in [-0.2, 0) is 4.79 Å². The van der Waals surface area contributed by atoms with Crippen LogP contribution in [0.3, 0.4) is 0 Å². The summed E-state index contributed by atoms with van der Waals surface area (Å²) in [5.74, 6) is -0.692. The molecule has 0 aliphatic heterocycles. The first kappa shape index (κ1) is 12.5. The number of likely N-dealkylation sites (N-methyl/N-ethyl adjacent to an activating group) is 1. The van der Waals surface area contributed by atoms with E-state index in [0.29, 0.717) is 12.2 Å². The van der Waals surface area contributed by atoms with Gasteiger partial charge in [-0.3, -0.25) is 4.79 Å². The first-order valence-electron chi connectivity index (χ1n) is 4.28. The van der Waals surface area contributed by atoms with E-state index in [1.807, 2.05) is 19.0 Å². The second-order valence-corrected chi connectivity index (χ2v) is 3.21. The van der Waals surface area contributed by atoms with E-state index in [1.54, 1.807) is 13.0 Å². The van der Waals surface area contributed by atoms with Crippen molar-refractivity contribution >= 4 is 5.91 Å². The Morgan fingerprint density at radius 2 is 2.14 bits per heavy atom. The van der Waals surface area contributed by atoms with Crippen molar-refractivity contribution in [3.8, 4) is 6.07 Å². The molecule has 78 valence electrons. The van der Waals surface area contributed by atoms with Crippen molar-refractivity contribution in [1.29, 1.82) is 5.26 Å². The maximum Gasteiger partial charge on any atom is 0.261 e. The Morgan fingerprint density at radius 3 is 2.50 bits per heavy atom. The summed E-state index contributed by atoms with van der Waals surface area (Å²) in [7, 11) is 3.89. The smallest absolute Gasteiger partial charge is 0.261 e. The average molecular weight is 196 g/mol. The topological polar surface area (TPSA) is 82.2 Å². The second kappa shape index (κ2) is 6.00. The summed E-state index contributed by atoms with van der Waals surface area (Å²) >= 11 is 0. The van der Waals surface area contributed by atoms with Gasteiger partial charge in [0.2, 0.25) is 0 Å². The van der Waals surface area contributed by atoms with Crippen LogP contribution < -0.4 is 11.1 Å². The molecule has 0 rings (SSSR count). The molecule has 0 aromatic rings. The summed E-state index contributed by atoms with van der Waals surface area (Å²) in [5, 5.41) is 11.6. The summed E-state index contributed by atoms with van der Waals surface area (Å²) in [6, 6.07) is 1.77. The lowest BCUT2D eigenvalue weighted by Crippen LogP contribution is -2.27. The highest BCUT2D eigenvalue weighted by atomic mass is 16.1. The van der Waals surface area contributed by atoms with Crippen LogP contribution in [0.5, 0.6) is 0 Å². The van der Waals surface area contributed by atoms with Crippen LogP contribution in [0.2, 0.25) is 0 Å². The molecule has 0 saturated heterocycles. The molecule has 0 radical (unpaired) electrons. The van der Waals surface area contributed by atoms with Gasteiger partial charge in [-0.2, -0.15) is 5.26 Å². The van der Waals surface area contributed by atoms with Crippen LogP contribution >= 0.6 is 0 Å². The molecule has 0 aromatic heterocycles. The minimum Gasteiger partial charge on any atom is -0.386 e. The maximum atomic E-state index is 10.8. The normalized spacial score (nSPS) is 11.9. The molecule has 0 fully saturated rings. The molecule has 0 heterocycles. The third kappa shape index (κ3) is 4.48. The molecular formula is C9H16N4O. The number of hydrogen-bond acceptors (Lipinski definition) is 4. The van der Waals surface area contributed by atoms with Gasteiger partial charge in [-0.25, -0.2) is 0 Å². The number of rotatable bonds is 5. The van der Waals surface area contributed by atoms with E-state index in [2.05, 4.69) is 5.32 Å². The zero-order valence-electron chi connectivity index (χ0n) is 8.79. The van der Waals surface area contributed by atoms with Gasteiger partial charge in [-0.05, 0) is 21.0 Å². The van der Waals surface area contributed by atoms with Gasteiger partial charge in [-0.15, -0.1) is 0 Å². The van der Waals surface area contributed by atoms with Crippen molar-refractivity contribution in [2.75, 3.05) is 27.2 Å². The van der Waals surface area contributed by atoms with E-state index in [1.165, 1.54) is 0 Å². The number of nitrogens with two attached hydrogens (primary N) is 1. The minimum atomic E-state index is -0.692. The van der Waals surface area contributed by atoms with E-state index in [-0.39, 0.29) is 5.57 Å². The number of nitrogens with zero attached hydrogens (tertiary/aromatic N) is 2. The molecule has 0 unspecified atom stereocenters. The fraction of sp³-hybridized carbons (Fsp3) is 0.556. The third-order valence-electron chi connectivity index (χ3n) is 1.68. The fourth-order valence-corrected chi connectivity index (χ4v) is 0.879. The number of nitrogens with one attached hydrogen (secondary N) is 1. The largest absolute Gasteiger partial charge is 0.386 e. The second-order valence-electron chi connectivity index (χ2n) is 3.21. The van der Waals surface area contributed by atoms with Crippen LogP contribution in [0.4, 0.5) is 0 Å². The monoisotopic (exact) mass is 196 g/mol. The van der Waals surface area contributed by atoms with Crippen molar-refractivity contribution in [3.05, 3.63) is 11.3 Å². The van der Waals surface area contributed by atoms with Crippen molar-refractivity contribution in [3.63, 3.8) is 0 Å². The van der Waals surface area contributed by atoms with Crippen LogP contribution in [0, 0.1) is 11.3 Å². The fourth-order valence-electron chi connectivity index (χ4n) is 0.879. The van der Waals surface area contributed by atoms with E-state index in [0.717, 1.165) is 6.54 Å². The molecule has 0 aliphatic carbocycles.